The van der Waals surface area contributed by atoms with Crippen molar-refractivity contribution in [1.29, 1.82) is 0 Å². The highest BCUT2D eigenvalue weighted by Gasteiger charge is 2.12. The number of nitrogens with one attached hydrogen (secondary N) is 1. The van der Waals surface area contributed by atoms with Gasteiger partial charge in [-0.3, -0.25) is 10.1 Å². The van der Waals surface area contributed by atoms with Gasteiger partial charge in [0.15, 0.2) is 0 Å². The molecule has 4 nitrogen and oxygen atoms in total. The van der Waals surface area contributed by atoms with E-state index in [9.17, 15) is 10.1 Å². The van der Waals surface area contributed by atoms with Crippen LogP contribution in [0.4, 0.5) is 11.4 Å². The second-order valence-corrected chi connectivity index (χ2v) is 3.76. The summed E-state index contributed by atoms with van der Waals surface area (Å²) in [7, 11) is 0. The number of nitro groups is 1. The molecule has 0 saturated heterocycles. The van der Waals surface area contributed by atoms with Crippen LogP contribution in [0.5, 0.6) is 0 Å². The second-order valence-electron chi connectivity index (χ2n) is 2.85. The number of hydrogen-bond donors (Lipinski definition) is 1. The van der Waals surface area contributed by atoms with Crippen LogP contribution in [0.3, 0.4) is 0 Å². The highest BCUT2D eigenvalue weighted by Crippen LogP contribution is 2.27. The van der Waals surface area contributed by atoms with Crippen molar-refractivity contribution < 1.29 is 4.92 Å². The summed E-state index contributed by atoms with van der Waals surface area (Å²) < 4.78 is 0.835. The predicted molar refractivity (Wildman–Crippen MR) is 59.6 cm³/mol. The molecule has 0 aromatic heterocycles. The summed E-state index contributed by atoms with van der Waals surface area (Å²) in [6.45, 7) is 2.74. The highest BCUT2D eigenvalue weighted by atomic mass is 79.9. The smallest absolute Gasteiger partial charge is 0.292 e. The zero-order chi connectivity index (χ0) is 10.6. The van der Waals surface area contributed by atoms with Gasteiger partial charge in [0.05, 0.1) is 4.92 Å². The lowest BCUT2D eigenvalue weighted by atomic mass is 10.2. The van der Waals surface area contributed by atoms with Crippen molar-refractivity contribution >= 4 is 27.3 Å². The Hall–Kier alpha value is -1.10. The Kier molecular flexibility index (Phi) is 3.88. The lowest BCUT2D eigenvalue weighted by Crippen LogP contribution is -2.02. The molecule has 0 fully saturated rings. The van der Waals surface area contributed by atoms with E-state index >= 15 is 0 Å². The van der Waals surface area contributed by atoms with Crippen LogP contribution in [0.25, 0.3) is 0 Å². The highest BCUT2D eigenvalue weighted by molar-refractivity contribution is 9.10. The molecule has 0 spiro atoms. The average Bonchev–Trinajstić information content (AvgIpc) is 2.14. The van der Waals surface area contributed by atoms with Gasteiger partial charge in [-0.25, -0.2) is 0 Å². The molecule has 0 radical (unpaired) electrons. The first-order valence-electron chi connectivity index (χ1n) is 4.33. The van der Waals surface area contributed by atoms with Gasteiger partial charge in [-0.05, 0) is 18.6 Å². The summed E-state index contributed by atoms with van der Waals surface area (Å²) in [6, 6.07) is 4.87. The molecule has 0 atom stereocenters. The molecule has 0 aliphatic carbocycles. The van der Waals surface area contributed by atoms with Crippen LogP contribution < -0.4 is 5.32 Å². The first-order valence-corrected chi connectivity index (χ1v) is 5.12. The van der Waals surface area contributed by atoms with Crippen molar-refractivity contribution in [3.05, 3.63) is 32.8 Å². The molecule has 0 amide bonds. The van der Waals surface area contributed by atoms with Crippen LogP contribution in [0.2, 0.25) is 0 Å². The first kappa shape index (κ1) is 11.0. The monoisotopic (exact) mass is 258 g/mol. The predicted octanol–water partition coefficient (Wildman–Crippen LogP) is 3.18. The van der Waals surface area contributed by atoms with Gasteiger partial charge in [-0.2, -0.15) is 0 Å². The Balaban J connectivity index is 2.97. The minimum atomic E-state index is -0.384. The Morgan fingerprint density at radius 2 is 2.29 bits per heavy atom. The Bertz CT molecular complexity index is 342. The van der Waals surface area contributed by atoms with E-state index in [1.165, 1.54) is 6.07 Å². The maximum absolute atomic E-state index is 10.6. The zero-order valence-corrected chi connectivity index (χ0v) is 9.37. The number of hydrogen-bond acceptors (Lipinski definition) is 3. The van der Waals surface area contributed by atoms with Crippen LogP contribution in [0.15, 0.2) is 22.7 Å². The number of nitrogens with zero attached hydrogens (tertiary/aromatic N) is 1. The number of benzene rings is 1. The van der Waals surface area contributed by atoms with Gasteiger partial charge in [0.2, 0.25) is 0 Å². The molecule has 0 saturated carbocycles. The quantitative estimate of drug-likeness (QED) is 0.667. The van der Waals surface area contributed by atoms with Crippen LogP contribution in [0, 0.1) is 10.1 Å². The van der Waals surface area contributed by atoms with E-state index in [1.807, 2.05) is 6.92 Å². The van der Waals surface area contributed by atoms with Crippen molar-refractivity contribution in [3.8, 4) is 0 Å². The molecular formula is C9H11BrN2O2. The van der Waals surface area contributed by atoms with Crippen LogP contribution in [-0.2, 0) is 0 Å². The van der Waals surface area contributed by atoms with Gasteiger partial charge in [0.1, 0.15) is 5.69 Å². The molecule has 0 bridgehead atoms. The van der Waals surface area contributed by atoms with Gasteiger partial charge in [0, 0.05) is 17.1 Å². The van der Waals surface area contributed by atoms with Crippen LogP contribution >= 0.6 is 15.9 Å². The Labute approximate surface area is 90.6 Å². The molecule has 0 aliphatic rings. The van der Waals surface area contributed by atoms with Crippen molar-refractivity contribution in [3.63, 3.8) is 0 Å². The first-order chi connectivity index (χ1) is 6.65. The molecule has 1 rings (SSSR count). The summed E-state index contributed by atoms with van der Waals surface area (Å²) in [5.41, 5.74) is 0.674. The molecule has 5 heteroatoms. The molecule has 1 N–H and O–H groups in total. The number of nitro benzene ring substituents is 1. The number of rotatable bonds is 4. The van der Waals surface area contributed by atoms with Gasteiger partial charge < -0.3 is 5.32 Å². The molecule has 0 aliphatic heterocycles. The van der Waals surface area contributed by atoms with Gasteiger partial charge in [-0.15, -0.1) is 0 Å². The minimum Gasteiger partial charge on any atom is -0.379 e. The number of halogens is 1. The van der Waals surface area contributed by atoms with Crippen molar-refractivity contribution in [2.24, 2.45) is 0 Å². The van der Waals surface area contributed by atoms with Crippen LogP contribution in [0.1, 0.15) is 13.3 Å². The molecule has 0 heterocycles. The maximum atomic E-state index is 10.6. The number of anilines is 1. The summed E-state index contributed by atoms with van der Waals surface area (Å²) in [5.74, 6) is 0. The third-order valence-corrected chi connectivity index (χ3v) is 2.21. The molecule has 1 aromatic rings. The summed E-state index contributed by atoms with van der Waals surface area (Å²) in [5, 5.41) is 13.7. The van der Waals surface area contributed by atoms with Gasteiger partial charge in [0.25, 0.3) is 5.69 Å². The fourth-order valence-electron chi connectivity index (χ4n) is 1.07. The Morgan fingerprint density at radius 1 is 1.57 bits per heavy atom. The largest absolute Gasteiger partial charge is 0.379 e. The van der Waals surface area contributed by atoms with Crippen molar-refractivity contribution in [2.75, 3.05) is 11.9 Å². The summed E-state index contributed by atoms with van der Waals surface area (Å²) >= 11 is 3.27. The zero-order valence-electron chi connectivity index (χ0n) is 7.79. The summed E-state index contributed by atoms with van der Waals surface area (Å²) in [6.07, 6.45) is 0.934. The summed E-state index contributed by atoms with van der Waals surface area (Å²) in [4.78, 5) is 10.3. The van der Waals surface area contributed by atoms with E-state index < -0.39 is 0 Å². The van der Waals surface area contributed by atoms with E-state index in [0.29, 0.717) is 5.69 Å². The van der Waals surface area contributed by atoms with E-state index in [1.54, 1.807) is 12.1 Å². The molecule has 76 valence electrons. The van der Waals surface area contributed by atoms with E-state index in [4.69, 9.17) is 0 Å². The molecule has 0 unspecified atom stereocenters. The van der Waals surface area contributed by atoms with Gasteiger partial charge in [-0.1, -0.05) is 22.9 Å². The molecular weight excluding hydrogens is 248 g/mol. The fourth-order valence-corrected chi connectivity index (χ4v) is 1.43. The SMILES string of the molecule is CCCNc1cc(Br)ccc1[N+](=O)[O-]. The lowest BCUT2D eigenvalue weighted by molar-refractivity contribution is -0.384. The minimum absolute atomic E-state index is 0.113. The molecule has 1 aromatic carbocycles. The van der Waals surface area contributed by atoms with E-state index in [2.05, 4.69) is 21.2 Å². The lowest BCUT2D eigenvalue weighted by Gasteiger charge is -2.05. The Morgan fingerprint density at radius 3 is 2.86 bits per heavy atom. The van der Waals surface area contributed by atoms with Crippen LogP contribution in [-0.4, -0.2) is 11.5 Å². The topological polar surface area (TPSA) is 55.2 Å². The molecule has 14 heavy (non-hydrogen) atoms. The standard InChI is InChI=1S/C9H11BrN2O2/c1-2-5-11-8-6-7(10)3-4-9(8)12(13)14/h3-4,6,11H,2,5H2,1H3. The second kappa shape index (κ2) is 4.95. The normalized spacial score (nSPS) is 9.86. The third-order valence-electron chi connectivity index (χ3n) is 1.72. The van der Waals surface area contributed by atoms with Crippen molar-refractivity contribution in [2.45, 2.75) is 13.3 Å². The van der Waals surface area contributed by atoms with Crippen molar-refractivity contribution in [1.82, 2.24) is 0 Å². The fraction of sp³-hybridized carbons (Fsp3) is 0.333. The van der Waals surface area contributed by atoms with E-state index in [-0.39, 0.29) is 10.6 Å². The van der Waals surface area contributed by atoms with E-state index in [0.717, 1.165) is 17.4 Å². The average molecular weight is 259 g/mol. The third kappa shape index (κ3) is 2.70. The maximum Gasteiger partial charge on any atom is 0.292 e. The van der Waals surface area contributed by atoms with Gasteiger partial charge >= 0.3 is 0 Å².